The number of hydrogen-bond donors (Lipinski definition) is 1. The van der Waals surface area contributed by atoms with Gasteiger partial charge in [-0.15, -0.1) is 0 Å². The van der Waals surface area contributed by atoms with Crippen LogP contribution in [0, 0.1) is 0 Å². The Morgan fingerprint density at radius 1 is 1.30 bits per heavy atom. The van der Waals surface area contributed by atoms with Crippen molar-refractivity contribution in [2.75, 3.05) is 39.3 Å². The average Bonchev–Trinajstić information content (AvgIpc) is 2.97. The third-order valence-electron chi connectivity index (χ3n) is 4.17. The molecule has 1 aliphatic rings. The highest BCUT2D eigenvalue weighted by Gasteiger charge is 2.28. The molecule has 1 N–H and O–H groups in total. The Kier molecular flexibility index (Phi) is 5.75. The second kappa shape index (κ2) is 7.40. The molecule has 1 amide bonds. The Labute approximate surface area is 138 Å². The highest BCUT2D eigenvalue weighted by molar-refractivity contribution is 5.77. The molecule has 1 saturated heterocycles. The molecule has 2 rings (SSSR count). The number of nitrogens with one attached hydrogen (secondary N) is 1. The van der Waals surface area contributed by atoms with Gasteiger partial charge in [0.2, 0.25) is 11.8 Å². The molecule has 7 heteroatoms. The Bertz CT molecular complexity index is 515. The van der Waals surface area contributed by atoms with Gasteiger partial charge in [0.1, 0.15) is 0 Å². The number of likely N-dealkylation sites (N-methyl/N-ethyl adjacent to an activating group) is 1. The molecule has 23 heavy (non-hydrogen) atoms. The van der Waals surface area contributed by atoms with Gasteiger partial charge in [-0.1, -0.05) is 25.9 Å². The Hall–Kier alpha value is -1.47. The summed E-state index contributed by atoms with van der Waals surface area (Å²) in [5, 5.41) is 6.94. The minimum atomic E-state index is -0.104. The minimum Gasteiger partial charge on any atom is -0.355 e. The van der Waals surface area contributed by atoms with Gasteiger partial charge in [0.25, 0.3) is 0 Å². The van der Waals surface area contributed by atoms with Crippen molar-refractivity contribution < 1.29 is 9.32 Å². The van der Waals surface area contributed by atoms with Crippen molar-refractivity contribution in [2.45, 2.75) is 46.1 Å². The SMILES string of the molecule is CCNC(=O)CN1CCN([C@H](C)c2nc(C(C)(C)C)no2)CC1. The first kappa shape index (κ1) is 17.9. The fourth-order valence-electron chi connectivity index (χ4n) is 2.63. The average molecular weight is 323 g/mol. The molecule has 0 unspecified atom stereocenters. The van der Waals surface area contributed by atoms with E-state index in [0.717, 1.165) is 32.0 Å². The van der Waals surface area contributed by atoms with Crippen molar-refractivity contribution in [3.05, 3.63) is 11.7 Å². The van der Waals surface area contributed by atoms with E-state index in [-0.39, 0.29) is 17.4 Å². The third-order valence-corrected chi connectivity index (χ3v) is 4.17. The largest absolute Gasteiger partial charge is 0.355 e. The normalized spacial score (nSPS) is 18.8. The van der Waals surface area contributed by atoms with Gasteiger partial charge in [-0.3, -0.25) is 14.6 Å². The lowest BCUT2D eigenvalue weighted by atomic mass is 9.96. The van der Waals surface area contributed by atoms with Crippen LogP contribution in [-0.4, -0.2) is 65.1 Å². The van der Waals surface area contributed by atoms with Crippen molar-refractivity contribution >= 4 is 5.91 Å². The molecule has 0 radical (unpaired) electrons. The van der Waals surface area contributed by atoms with Crippen molar-refractivity contribution in [3.63, 3.8) is 0 Å². The third kappa shape index (κ3) is 4.75. The number of aromatic nitrogens is 2. The molecule has 1 aromatic heterocycles. The molecule has 0 saturated carbocycles. The van der Waals surface area contributed by atoms with Crippen LogP contribution in [0.15, 0.2) is 4.52 Å². The molecule has 7 nitrogen and oxygen atoms in total. The predicted octanol–water partition coefficient (Wildman–Crippen LogP) is 1.18. The Morgan fingerprint density at radius 2 is 1.96 bits per heavy atom. The molecule has 1 aliphatic heterocycles. The maximum atomic E-state index is 11.6. The van der Waals surface area contributed by atoms with Gasteiger partial charge in [-0.2, -0.15) is 4.98 Å². The molecule has 2 heterocycles. The van der Waals surface area contributed by atoms with E-state index in [4.69, 9.17) is 4.52 Å². The van der Waals surface area contributed by atoms with Gasteiger partial charge in [0.15, 0.2) is 5.82 Å². The van der Waals surface area contributed by atoms with Crippen LogP contribution < -0.4 is 5.32 Å². The number of hydrogen-bond acceptors (Lipinski definition) is 6. The summed E-state index contributed by atoms with van der Waals surface area (Å²) < 4.78 is 5.45. The Morgan fingerprint density at radius 3 is 2.48 bits per heavy atom. The molecule has 130 valence electrons. The summed E-state index contributed by atoms with van der Waals surface area (Å²) in [7, 11) is 0. The molecular weight excluding hydrogens is 294 g/mol. The topological polar surface area (TPSA) is 74.5 Å². The summed E-state index contributed by atoms with van der Waals surface area (Å²) in [5.41, 5.74) is -0.104. The zero-order valence-corrected chi connectivity index (χ0v) is 14.9. The first-order valence-electron chi connectivity index (χ1n) is 8.38. The van der Waals surface area contributed by atoms with Gasteiger partial charge >= 0.3 is 0 Å². The number of nitrogens with zero attached hydrogens (tertiary/aromatic N) is 4. The van der Waals surface area contributed by atoms with E-state index in [2.05, 4.69) is 53.0 Å². The second-order valence-electron chi connectivity index (χ2n) is 7.15. The highest BCUT2D eigenvalue weighted by Crippen LogP contribution is 2.24. The lowest BCUT2D eigenvalue weighted by Gasteiger charge is -2.36. The van der Waals surface area contributed by atoms with E-state index in [1.807, 2.05) is 6.92 Å². The van der Waals surface area contributed by atoms with Gasteiger partial charge in [0.05, 0.1) is 12.6 Å². The van der Waals surface area contributed by atoms with Crippen LogP contribution in [0.3, 0.4) is 0 Å². The van der Waals surface area contributed by atoms with Crippen molar-refractivity contribution in [1.29, 1.82) is 0 Å². The maximum Gasteiger partial charge on any atom is 0.243 e. The van der Waals surface area contributed by atoms with E-state index in [1.165, 1.54) is 0 Å². The molecular formula is C16H29N5O2. The van der Waals surface area contributed by atoms with Crippen LogP contribution in [0.4, 0.5) is 0 Å². The number of piperazine rings is 1. The van der Waals surface area contributed by atoms with Gasteiger partial charge in [-0.25, -0.2) is 0 Å². The summed E-state index contributed by atoms with van der Waals surface area (Å²) in [6.45, 7) is 15.0. The number of amides is 1. The van der Waals surface area contributed by atoms with Crippen LogP contribution in [0.5, 0.6) is 0 Å². The van der Waals surface area contributed by atoms with E-state index < -0.39 is 0 Å². The van der Waals surface area contributed by atoms with Crippen molar-refractivity contribution in [2.24, 2.45) is 0 Å². The highest BCUT2D eigenvalue weighted by atomic mass is 16.5. The summed E-state index contributed by atoms with van der Waals surface area (Å²) in [5.74, 6) is 1.52. The summed E-state index contributed by atoms with van der Waals surface area (Å²) in [6.07, 6.45) is 0. The molecule has 0 aliphatic carbocycles. The van der Waals surface area contributed by atoms with Crippen LogP contribution in [0.1, 0.15) is 52.4 Å². The molecule has 0 bridgehead atoms. The maximum absolute atomic E-state index is 11.6. The fourth-order valence-corrected chi connectivity index (χ4v) is 2.63. The van der Waals surface area contributed by atoms with E-state index in [0.29, 0.717) is 19.0 Å². The van der Waals surface area contributed by atoms with E-state index in [1.54, 1.807) is 0 Å². The second-order valence-corrected chi connectivity index (χ2v) is 7.15. The number of rotatable bonds is 5. The lowest BCUT2D eigenvalue weighted by Crippen LogP contribution is -2.50. The van der Waals surface area contributed by atoms with E-state index >= 15 is 0 Å². The van der Waals surface area contributed by atoms with Gasteiger partial charge in [0, 0.05) is 38.1 Å². The fraction of sp³-hybridized carbons (Fsp3) is 0.812. The van der Waals surface area contributed by atoms with E-state index in [9.17, 15) is 4.79 Å². The van der Waals surface area contributed by atoms with Gasteiger partial charge < -0.3 is 9.84 Å². The molecule has 1 fully saturated rings. The molecule has 1 atom stereocenters. The zero-order valence-electron chi connectivity index (χ0n) is 14.9. The molecule has 1 aromatic rings. The first-order chi connectivity index (χ1) is 10.8. The first-order valence-corrected chi connectivity index (χ1v) is 8.38. The van der Waals surface area contributed by atoms with Crippen LogP contribution in [0.2, 0.25) is 0 Å². The number of carbonyl (C=O) groups is 1. The van der Waals surface area contributed by atoms with Crippen molar-refractivity contribution in [1.82, 2.24) is 25.3 Å². The zero-order chi connectivity index (χ0) is 17.0. The van der Waals surface area contributed by atoms with Crippen LogP contribution >= 0.6 is 0 Å². The number of carbonyl (C=O) groups excluding carboxylic acids is 1. The summed E-state index contributed by atoms with van der Waals surface area (Å²) >= 11 is 0. The quantitative estimate of drug-likeness (QED) is 0.877. The summed E-state index contributed by atoms with van der Waals surface area (Å²) in [6, 6.07) is 0.102. The van der Waals surface area contributed by atoms with Crippen molar-refractivity contribution in [3.8, 4) is 0 Å². The standard InChI is InChI=1S/C16H29N5O2/c1-6-17-13(22)11-20-7-9-21(10-8-20)12(2)14-18-15(19-23-14)16(3,4)5/h12H,6-11H2,1-5H3,(H,17,22)/t12-/m1/s1. The minimum absolute atomic E-state index is 0.0979. The van der Waals surface area contributed by atoms with Crippen LogP contribution in [0.25, 0.3) is 0 Å². The smallest absolute Gasteiger partial charge is 0.243 e. The van der Waals surface area contributed by atoms with Crippen LogP contribution in [-0.2, 0) is 10.2 Å². The van der Waals surface area contributed by atoms with Gasteiger partial charge in [-0.05, 0) is 13.8 Å². The Balaban J connectivity index is 1.87. The summed E-state index contributed by atoms with van der Waals surface area (Å²) in [4.78, 5) is 20.7. The lowest BCUT2D eigenvalue weighted by molar-refractivity contribution is -0.122. The monoisotopic (exact) mass is 323 g/mol. The molecule has 0 spiro atoms. The molecule has 0 aromatic carbocycles. The predicted molar refractivity (Wildman–Crippen MR) is 88.1 cm³/mol.